The largest absolute Gasteiger partial charge is 0.434 e. The van der Waals surface area contributed by atoms with E-state index in [1.807, 2.05) is 0 Å². The quantitative estimate of drug-likeness (QED) is 0.509. The van der Waals surface area contributed by atoms with Crippen LogP contribution in [0.2, 0.25) is 0 Å². The van der Waals surface area contributed by atoms with Gasteiger partial charge < -0.3 is 4.42 Å². The Balaban J connectivity index is 2.13. The van der Waals surface area contributed by atoms with Crippen molar-refractivity contribution >= 4 is 16.8 Å². The average Bonchev–Trinajstić information content (AvgIpc) is 2.82. The molecule has 0 spiro atoms. The van der Waals surface area contributed by atoms with Gasteiger partial charge in [-0.2, -0.15) is 0 Å². The van der Waals surface area contributed by atoms with Crippen LogP contribution < -0.4 is 0 Å². The molecule has 1 aromatic carbocycles. The molecule has 0 radical (unpaired) electrons. The number of nitro benzene ring substituents is 1. The Morgan fingerprint density at radius 2 is 2.17 bits per heavy atom. The van der Waals surface area contributed by atoms with E-state index in [4.69, 9.17) is 4.42 Å². The third kappa shape index (κ3) is 1.69. The minimum Gasteiger partial charge on any atom is -0.434 e. The number of pyridine rings is 1. The van der Waals surface area contributed by atoms with Crippen molar-refractivity contribution in [2.45, 2.75) is 0 Å². The third-order valence-electron chi connectivity index (χ3n) is 2.50. The number of nitrogens with zero attached hydrogens (tertiary/aromatic N) is 3. The third-order valence-corrected chi connectivity index (χ3v) is 2.50. The van der Waals surface area contributed by atoms with Crippen molar-refractivity contribution in [3.05, 3.63) is 52.8 Å². The van der Waals surface area contributed by atoms with Crippen molar-refractivity contribution in [1.29, 1.82) is 0 Å². The Kier molecular flexibility index (Phi) is 2.26. The van der Waals surface area contributed by atoms with E-state index in [9.17, 15) is 10.1 Å². The molecule has 6 heteroatoms. The van der Waals surface area contributed by atoms with E-state index in [1.165, 1.54) is 12.1 Å². The average molecular weight is 241 g/mol. The van der Waals surface area contributed by atoms with E-state index in [0.717, 1.165) is 0 Å². The summed E-state index contributed by atoms with van der Waals surface area (Å²) in [6.45, 7) is 0. The molecule has 0 fully saturated rings. The standard InChI is InChI=1S/C12H7N3O3/c16-15(17)9-3-1-2-8(6-9)12-14-10-4-5-13-7-11(10)18-12/h1-7H. The Hall–Kier alpha value is -2.76. The molecule has 0 aliphatic heterocycles. The second-order valence-electron chi connectivity index (χ2n) is 3.67. The van der Waals surface area contributed by atoms with Gasteiger partial charge in [-0.1, -0.05) is 6.07 Å². The highest BCUT2D eigenvalue weighted by Crippen LogP contribution is 2.26. The van der Waals surface area contributed by atoms with Crippen molar-refractivity contribution in [3.63, 3.8) is 0 Å². The summed E-state index contributed by atoms with van der Waals surface area (Å²) in [5.41, 5.74) is 1.80. The first kappa shape index (κ1) is 10.4. The molecule has 0 unspecified atom stereocenters. The van der Waals surface area contributed by atoms with Crippen LogP contribution in [0.1, 0.15) is 0 Å². The van der Waals surface area contributed by atoms with Crippen molar-refractivity contribution in [1.82, 2.24) is 9.97 Å². The number of non-ortho nitro benzene ring substituents is 1. The molecule has 3 rings (SSSR count). The van der Waals surface area contributed by atoms with Gasteiger partial charge in [-0.05, 0) is 12.1 Å². The van der Waals surface area contributed by atoms with Crippen LogP contribution in [0.3, 0.4) is 0 Å². The number of hydrogen-bond donors (Lipinski definition) is 0. The van der Waals surface area contributed by atoms with E-state index >= 15 is 0 Å². The molecule has 2 aromatic heterocycles. The van der Waals surface area contributed by atoms with Crippen LogP contribution in [0.4, 0.5) is 5.69 Å². The smallest absolute Gasteiger partial charge is 0.270 e. The summed E-state index contributed by atoms with van der Waals surface area (Å²) >= 11 is 0. The monoisotopic (exact) mass is 241 g/mol. The van der Waals surface area contributed by atoms with Crippen molar-refractivity contribution in [3.8, 4) is 11.5 Å². The molecule has 0 atom stereocenters. The summed E-state index contributed by atoms with van der Waals surface area (Å²) in [4.78, 5) is 18.4. The minimum atomic E-state index is -0.451. The first-order valence-corrected chi connectivity index (χ1v) is 5.19. The van der Waals surface area contributed by atoms with Gasteiger partial charge in [-0.15, -0.1) is 0 Å². The van der Waals surface area contributed by atoms with E-state index < -0.39 is 4.92 Å². The van der Waals surface area contributed by atoms with Gasteiger partial charge in [0.15, 0.2) is 5.58 Å². The number of fused-ring (bicyclic) bond motifs is 1. The molecule has 0 N–H and O–H groups in total. The van der Waals surface area contributed by atoms with Gasteiger partial charge in [-0.25, -0.2) is 4.98 Å². The Labute approximate surface area is 101 Å². The molecule has 0 saturated heterocycles. The second-order valence-corrected chi connectivity index (χ2v) is 3.67. The SMILES string of the molecule is O=[N+]([O-])c1cccc(-c2nc3ccncc3o2)c1. The topological polar surface area (TPSA) is 82.1 Å². The summed E-state index contributed by atoms with van der Waals surface area (Å²) in [6, 6.07) is 7.89. The van der Waals surface area contributed by atoms with Gasteiger partial charge >= 0.3 is 0 Å². The van der Waals surface area contributed by atoms with Gasteiger partial charge in [0.2, 0.25) is 5.89 Å². The van der Waals surface area contributed by atoms with Crippen molar-refractivity contribution in [2.75, 3.05) is 0 Å². The van der Waals surface area contributed by atoms with Crippen LogP contribution in [-0.2, 0) is 0 Å². The number of rotatable bonds is 2. The van der Waals surface area contributed by atoms with Crippen LogP contribution in [-0.4, -0.2) is 14.9 Å². The molecule has 0 bridgehead atoms. The van der Waals surface area contributed by atoms with Gasteiger partial charge in [0.1, 0.15) is 5.52 Å². The summed E-state index contributed by atoms with van der Waals surface area (Å²) in [7, 11) is 0. The Morgan fingerprint density at radius 3 is 2.94 bits per heavy atom. The molecule has 3 aromatic rings. The highest BCUT2D eigenvalue weighted by atomic mass is 16.6. The maximum Gasteiger partial charge on any atom is 0.270 e. The first-order valence-electron chi connectivity index (χ1n) is 5.19. The highest BCUT2D eigenvalue weighted by molar-refractivity contribution is 5.75. The fourth-order valence-corrected chi connectivity index (χ4v) is 1.66. The lowest BCUT2D eigenvalue weighted by atomic mass is 10.2. The summed E-state index contributed by atoms with van der Waals surface area (Å²) in [5.74, 6) is 0.349. The van der Waals surface area contributed by atoms with Crippen molar-refractivity contribution in [2.24, 2.45) is 0 Å². The minimum absolute atomic E-state index is 0.00730. The molecule has 6 nitrogen and oxygen atoms in total. The van der Waals surface area contributed by atoms with E-state index in [0.29, 0.717) is 22.6 Å². The zero-order valence-corrected chi connectivity index (χ0v) is 9.11. The van der Waals surface area contributed by atoms with Gasteiger partial charge in [0.05, 0.1) is 11.1 Å². The number of benzene rings is 1. The van der Waals surface area contributed by atoms with Crippen LogP contribution >= 0.6 is 0 Å². The second kappa shape index (κ2) is 3.92. The molecule has 18 heavy (non-hydrogen) atoms. The van der Waals surface area contributed by atoms with Crippen LogP contribution in [0.5, 0.6) is 0 Å². The Morgan fingerprint density at radius 1 is 1.28 bits per heavy atom. The summed E-state index contributed by atoms with van der Waals surface area (Å²) < 4.78 is 5.49. The Bertz CT molecular complexity index is 703. The predicted molar refractivity (Wildman–Crippen MR) is 63.9 cm³/mol. The van der Waals surface area contributed by atoms with E-state index in [-0.39, 0.29) is 5.69 Å². The maximum absolute atomic E-state index is 10.7. The normalized spacial score (nSPS) is 10.7. The number of oxazole rings is 1. The van der Waals surface area contributed by atoms with Gasteiger partial charge in [0.25, 0.3) is 5.69 Å². The lowest BCUT2D eigenvalue weighted by molar-refractivity contribution is -0.384. The first-order chi connectivity index (χ1) is 8.74. The number of aromatic nitrogens is 2. The lowest BCUT2D eigenvalue weighted by Gasteiger charge is -1.94. The molecular formula is C12H7N3O3. The lowest BCUT2D eigenvalue weighted by Crippen LogP contribution is -1.87. The van der Waals surface area contributed by atoms with E-state index in [1.54, 1.807) is 30.6 Å². The van der Waals surface area contributed by atoms with Gasteiger partial charge in [-0.3, -0.25) is 15.1 Å². The number of nitro groups is 1. The maximum atomic E-state index is 10.7. The van der Waals surface area contributed by atoms with Crippen LogP contribution in [0.15, 0.2) is 47.1 Å². The van der Waals surface area contributed by atoms with Gasteiger partial charge in [0, 0.05) is 23.9 Å². The molecule has 0 amide bonds. The zero-order valence-electron chi connectivity index (χ0n) is 9.11. The summed E-state index contributed by atoms with van der Waals surface area (Å²) in [6.07, 6.45) is 3.17. The van der Waals surface area contributed by atoms with Crippen LogP contribution in [0.25, 0.3) is 22.6 Å². The summed E-state index contributed by atoms with van der Waals surface area (Å²) in [5, 5.41) is 10.7. The fraction of sp³-hybridized carbons (Fsp3) is 0. The molecule has 2 heterocycles. The molecular weight excluding hydrogens is 234 g/mol. The van der Waals surface area contributed by atoms with Crippen molar-refractivity contribution < 1.29 is 9.34 Å². The predicted octanol–water partition coefficient (Wildman–Crippen LogP) is 2.80. The number of hydrogen-bond acceptors (Lipinski definition) is 5. The molecule has 88 valence electrons. The fourth-order valence-electron chi connectivity index (χ4n) is 1.66. The zero-order chi connectivity index (χ0) is 12.5. The molecule has 0 aliphatic rings. The highest BCUT2D eigenvalue weighted by Gasteiger charge is 2.12. The molecule has 0 aliphatic carbocycles. The van der Waals surface area contributed by atoms with Crippen LogP contribution in [0, 0.1) is 10.1 Å². The molecule has 0 saturated carbocycles. The van der Waals surface area contributed by atoms with E-state index in [2.05, 4.69) is 9.97 Å².